The number of rotatable bonds is 6. The van der Waals surface area contributed by atoms with Crippen LogP contribution in [0.15, 0.2) is 176 Å². The fraction of sp³-hybridized carbons (Fsp3) is 0.0217. The molecule has 0 bridgehead atoms. The molecule has 0 N–H and O–H groups in total. The molecule has 0 aliphatic rings. The van der Waals surface area contributed by atoms with E-state index in [4.69, 9.17) is 15.0 Å². The molecule has 0 saturated heterocycles. The molecular weight excluding hydrogens is 623 g/mol. The van der Waals surface area contributed by atoms with Crippen molar-refractivity contribution in [2.45, 2.75) is 6.42 Å². The molecule has 7 aromatic carbocycles. The molecule has 240 valence electrons. The summed E-state index contributed by atoms with van der Waals surface area (Å²) in [6, 6.07) is 61.8. The molecule has 5 nitrogen and oxygen atoms in total. The summed E-state index contributed by atoms with van der Waals surface area (Å²) in [4.78, 5) is 15.0. The maximum atomic E-state index is 5.05. The third-order valence-electron chi connectivity index (χ3n) is 9.81. The van der Waals surface area contributed by atoms with E-state index >= 15 is 0 Å². The Hall–Kier alpha value is -6.85. The van der Waals surface area contributed by atoms with Crippen LogP contribution in [0.5, 0.6) is 0 Å². The van der Waals surface area contributed by atoms with Crippen molar-refractivity contribution in [2.75, 3.05) is 0 Å². The second-order valence-electron chi connectivity index (χ2n) is 12.9. The van der Waals surface area contributed by atoms with E-state index in [9.17, 15) is 0 Å². The zero-order valence-corrected chi connectivity index (χ0v) is 27.7. The minimum absolute atomic E-state index is 0.541. The highest BCUT2D eigenvalue weighted by Gasteiger charge is 2.20. The van der Waals surface area contributed by atoms with E-state index in [1.807, 2.05) is 36.4 Å². The van der Waals surface area contributed by atoms with Gasteiger partial charge in [-0.25, -0.2) is 15.0 Å². The zero-order chi connectivity index (χ0) is 33.7. The van der Waals surface area contributed by atoms with E-state index in [-0.39, 0.29) is 0 Å². The van der Waals surface area contributed by atoms with Crippen LogP contribution >= 0.6 is 0 Å². The molecular formula is C46H31N5. The molecule has 10 aromatic rings. The summed E-state index contributed by atoms with van der Waals surface area (Å²) in [5.41, 5.74) is 10.00. The first-order valence-electron chi connectivity index (χ1n) is 17.3. The molecule has 0 amide bonds. The lowest BCUT2D eigenvalue weighted by atomic mass is 10.1. The predicted molar refractivity (Wildman–Crippen MR) is 209 cm³/mol. The smallest absolute Gasteiger partial charge is 0.163 e. The number of aromatic nitrogens is 5. The first kappa shape index (κ1) is 29.1. The summed E-state index contributed by atoms with van der Waals surface area (Å²) < 4.78 is 4.81. The largest absolute Gasteiger partial charge is 0.309 e. The Bertz CT molecular complexity index is 2810. The molecule has 10 rings (SSSR count). The third kappa shape index (κ3) is 4.90. The molecule has 0 radical (unpaired) electrons. The highest BCUT2D eigenvalue weighted by Crippen LogP contribution is 2.40. The lowest BCUT2D eigenvalue weighted by Gasteiger charge is -2.15. The van der Waals surface area contributed by atoms with Gasteiger partial charge in [0.1, 0.15) is 5.82 Å². The average Bonchev–Trinajstić information content (AvgIpc) is 3.70. The van der Waals surface area contributed by atoms with Gasteiger partial charge in [0.15, 0.2) is 11.6 Å². The van der Waals surface area contributed by atoms with Gasteiger partial charge in [0.2, 0.25) is 0 Å². The van der Waals surface area contributed by atoms with Gasteiger partial charge >= 0.3 is 0 Å². The fourth-order valence-electron chi connectivity index (χ4n) is 7.53. The van der Waals surface area contributed by atoms with E-state index < -0.39 is 0 Å². The molecule has 5 heteroatoms. The van der Waals surface area contributed by atoms with Crippen molar-refractivity contribution < 1.29 is 0 Å². The van der Waals surface area contributed by atoms with E-state index in [2.05, 4.69) is 149 Å². The van der Waals surface area contributed by atoms with Crippen LogP contribution in [0.2, 0.25) is 0 Å². The normalized spacial score (nSPS) is 11.6. The first-order chi connectivity index (χ1) is 25.3. The molecule has 0 unspecified atom stereocenters. The second kappa shape index (κ2) is 11.9. The Morgan fingerprint density at radius 1 is 0.373 bits per heavy atom. The van der Waals surface area contributed by atoms with Crippen LogP contribution in [0.3, 0.4) is 0 Å². The number of hydrogen-bond acceptors (Lipinski definition) is 3. The number of para-hydroxylation sites is 4. The minimum Gasteiger partial charge on any atom is -0.309 e. The van der Waals surface area contributed by atoms with Crippen LogP contribution in [0.1, 0.15) is 11.4 Å². The lowest BCUT2D eigenvalue weighted by molar-refractivity contribution is 0.925. The van der Waals surface area contributed by atoms with E-state index in [0.717, 1.165) is 44.9 Å². The van der Waals surface area contributed by atoms with Gasteiger partial charge in [-0.15, -0.1) is 0 Å². The monoisotopic (exact) mass is 653 g/mol. The van der Waals surface area contributed by atoms with Crippen LogP contribution in [0, 0.1) is 0 Å². The summed E-state index contributed by atoms with van der Waals surface area (Å²) in [6.45, 7) is 0. The quantitative estimate of drug-likeness (QED) is 0.179. The third-order valence-corrected chi connectivity index (χ3v) is 9.81. The molecule has 0 fully saturated rings. The number of hydrogen-bond donors (Lipinski definition) is 0. The van der Waals surface area contributed by atoms with Crippen LogP contribution in [0.4, 0.5) is 0 Å². The zero-order valence-electron chi connectivity index (χ0n) is 27.7. The summed E-state index contributed by atoms with van der Waals surface area (Å²) in [5, 5.41) is 4.93. The summed E-state index contributed by atoms with van der Waals surface area (Å²) >= 11 is 0. The summed E-state index contributed by atoms with van der Waals surface area (Å²) in [7, 11) is 0. The van der Waals surface area contributed by atoms with E-state index in [0.29, 0.717) is 18.1 Å². The van der Waals surface area contributed by atoms with Gasteiger partial charge in [-0.3, -0.25) is 0 Å². The Labute approximate surface area is 294 Å². The molecule has 0 aliphatic carbocycles. The Kier molecular flexibility index (Phi) is 6.81. The molecule has 0 spiro atoms. The molecule has 51 heavy (non-hydrogen) atoms. The maximum Gasteiger partial charge on any atom is 0.163 e. The van der Waals surface area contributed by atoms with Gasteiger partial charge in [-0.1, -0.05) is 133 Å². The predicted octanol–water partition coefficient (Wildman–Crippen LogP) is 11.0. The van der Waals surface area contributed by atoms with Gasteiger partial charge < -0.3 is 9.13 Å². The lowest BCUT2D eigenvalue weighted by Crippen LogP contribution is -2.06. The molecule has 3 heterocycles. The summed E-state index contributed by atoms with van der Waals surface area (Å²) in [6.07, 6.45) is 0.541. The van der Waals surface area contributed by atoms with Gasteiger partial charge in [0.05, 0.1) is 22.1 Å². The summed E-state index contributed by atoms with van der Waals surface area (Å²) in [5.74, 6) is 2.07. The topological polar surface area (TPSA) is 48.5 Å². The van der Waals surface area contributed by atoms with Gasteiger partial charge in [-0.05, 0) is 48.0 Å². The number of fused-ring (bicyclic) bond motifs is 6. The van der Waals surface area contributed by atoms with Crippen molar-refractivity contribution >= 4 is 43.6 Å². The van der Waals surface area contributed by atoms with Crippen molar-refractivity contribution in [1.29, 1.82) is 0 Å². The van der Waals surface area contributed by atoms with Gasteiger partial charge in [-0.2, -0.15) is 0 Å². The van der Waals surface area contributed by atoms with Crippen molar-refractivity contribution in [2.24, 2.45) is 0 Å². The van der Waals surface area contributed by atoms with Crippen LogP contribution in [-0.4, -0.2) is 24.1 Å². The Morgan fingerprint density at radius 2 is 0.863 bits per heavy atom. The Balaban J connectivity index is 1.20. The van der Waals surface area contributed by atoms with Crippen molar-refractivity contribution in [3.63, 3.8) is 0 Å². The van der Waals surface area contributed by atoms with E-state index in [1.54, 1.807) is 0 Å². The molecule has 0 atom stereocenters. The highest BCUT2D eigenvalue weighted by molar-refractivity contribution is 6.19. The van der Waals surface area contributed by atoms with Gasteiger partial charge in [0, 0.05) is 50.5 Å². The number of benzene rings is 7. The SMILES string of the molecule is c1ccc(-c2nc(Cc3ccccc3-n3c4ccccc4c4cc5c6ccccc6n(-c6ccccc6)c5cc43)nc(-c3ccccc3)n2)cc1. The number of nitrogens with zero attached hydrogens (tertiary/aromatic N) is 5. The van der Waals surface area contributed by atoms with Crippen LogP contribution < -0.4 is 0 Å². The van der Waals surface area contributed by atoms with Crippen molar-refractivity contribution in [3.8, 4) is 34.2 Å². The van der Waals surface area contributed by atoms with E-state index in [1.165, 1.54) is 32.6 Å². The molecule has 3 aromatic heterocycles. The minimum atomic E-state index is 0.541. The fourth-order valence-corrected chi connectivity index (χ4v) is 7.53. The Morgan fingerprint density at radius 3 is 1.49 bits per heavy atom. The average molecular weight is 654 g/mol. The van der Waals surface area contributed by atoms with Crippen LogP contribution in [-0.2, 0) is 6.42 Å². The maximum absolute atomic E-state index is 5.05. The van der Waals surface area contributed by atoms with Crippen molar-refractivity contribution in [3.05, 3.63) is 187 Å². The molecule has 0 saturated carbocycles. The van der Waals surface area contributed by atoms with Crippen LogP contribution in [0.25, 0.3) is 77.8 Å². The van der Waals surface area contributed by atoms with Gasteiger partial charge in [0.25, 0.3) is 0 Å². The highest BCUT2D eigenvalue weighted by atomic mass is 15.0. The first-order valence-corrected chi connectivity index (χ1v) is 17.3. The standard InChI is InChI=1S/C46H31N5/c1-4-16-31(17-5-1)45-47-44(48-46(49-45)32-18-6-2-7-19-32)28-33-20-10-13-25-39(33)51-41-27-15-12-24-36(41)38-29-37-35-23-11-14-26-40(35)50(42(37)30-43(38)51)34-21-8-3-9-22-34/h1-27,29-30H,28H2. The second-order valence-corrected chi connectivity index (χ2v) is 12.9. The van der Waals surface area contributed by atoms with Crippen molar-refractivity contribution in [1.82, 2.24) is 24.1 Å². The molecule has 0 aliphatic heterocycles.